The summed E-state index contributed by atoms with van der Waals surface area (Å²) in [5.41, 5.74) is 0.182. The summed E-state index contributed by atoms with van der Waals surface area (Å²) < 4.78 is 30.1. The number of carbonyl (C=O) groups is 1. The molecule has 4 nitrogen and oxygen atoms in total. The maximum Gasteiger partial charge on any atom is 0.339 e. The van der Waals surface area contributed by atoms with E-state index in [0.29, 0.717) is 9.50 Å². The summed E-state index contributed by atoms with van der Waals surface area (Å²) >= 11 is 8.95. The van der Waals surface area contributed by atoms with E-state index in [1.807, 2.05) is 0 Å². The average Bonchev–Trinajstić information content (AvgIpc) is 2.41. The lowest BCUT2D eigenvalue weighted by Crippen LogP contribution is -2.11. The predicted octanol–water partition coefficient (Wildman–Crippen LogP) is 4.07. The van der Waals surface area contributed by atoms with E-state index in [-0.39, 0.29) is 22.0 Å². The van der Waals surface area contributed by atoms with Crippen molar-refractivity contribution < 1.29 is 17.4 Å². The summed E-state index contributed by atoms with van der Waals surface area (Å²) in [6, 6.07) is 10.1. The Morgan fingerprint density at radius 3 is 2.33 bits per heavy atom. The molecule has 2 rings (SSSR count). The summed E-state index contributed by atoms with van der Waals surface area (Å²) in [6.07, 6.45) is 0. The van der Waals surface area contributed by atoms with Gasteiger partial charge in [0, 0.05) is 9.50 Å². The van der Waals surface area contributed by atoms with Crippen molar-refractivity contribution in [1.29, 1.82) is 0 Å². The van der Waals surface area contributed by atoms with Crippen molar-refractivity contribution in [2.45, 2.75) is 11.8 Å². The van der Waals surface area contributed by atoms with Crippen LogP contribution < -0.4 is 4.18 Å². The van der Waals surface area contributed by atoms with Crippen LogP contribution in [-0.2, 0) is 10.1 Å². The number of Topliss-reactive ketones (excluding diaryl/α,β-unsaturated/α-hetero) is 1. The molecule has 0 fully saturated rings. The van der Waals surface area contributed by atoms with Gasteiger partial charge in [0.15, 0.2) is 11.5 Å². The second-order valence-corrected chi connectivity index (χ2v) is 7.09. The third-order valence-electron chi connectivity index (χ3n) is 2.62. The number of rotatable bonds is 4. The summed E-state index contributed by atoms with van der Waals surface area (Å²) in [5, 5.41) is 0.419. The van der Waals surface area contributed by atoms with Crippen LogP contribution in [0.1, 0.15) is 17.3 Å². The molecule has 21 heavy (non-hydrogen) atoms. The molecule has 0 saturated heterocycles. The van der Waals surface area contributed by atoms with Gasteiger partial charge in [0.05, 0.1) is 5.56 Å². The largest absolute Gasteiger partial charge is 0.378 e. The lowest BCUT2D eigenvalue weighted by molar-refractivity contribution is 0.101. The predicted molar refractivity (Wildman–Crippen MR) is 83.4 cm³/mol. The zero-order chi connectivity index (χ0) is 15.6. The van der Waals surface area contributed by atoms with Gasteiger partial charge >= 0.3 is 10.1 Å². The topological polar surface area (TPSA) is 60.4 Å². The zero-order valence-corrected chi connectivity index (χ0v) is 14.0. The van der Waals surface area contributed by atoms with Crippen LogP contribution >= 0.6 is 27.5 Å². The third kappa shape index (κ3) is 3.84. The van der Waals surface area contributed by atoms with Gasteiger partial charge in [-0.1, -0.05) is 27.5 Å². The molecule has 0 aliphatic carbocycles. The summed E-state index contributed by atoms with van der Waals surface area (Å²) in [6.45, 7) is 1.34. The third-order valence-corrected chi connectivity index (χ3v) is 4.62. The van der Waals surface area contributed by atoms with Gasteiger partial charge in [-0.3, -0.25) is 4.79 Å². The molecule has 0 saturated carbocycles. The fraction of sp³-hybridized carbons (Fsp3) is 0.0714. The van der Waals surface area contributed by atoms with Crippen LogP contribution in [0.25, 0.3) is 0 Å². The van der Waals surface area contributed by atoms with Gasteiger partial charge < -0.3 is 4.18 Å². The first-order chi connectivity index (χ1) is 9.79. The Hall–Kier alpha value is -1.37. The van der Waals surface area contributed by atoms with E-state index in [9.17, 15) is 13.2 Å². The summed E-state index contributed by atoms with van der Waals surface area (Å²) in [7, 11) is -4.03. The molecule has 110 valence electrons. The highest BCUT2D eigenvalue weighted by atomic mass is 79.9. The molecule has 7 heteroatoms. The molecule has 0 heterocycles. The minimum atomic E-state index is -4.03. The Labute approximate surface area is 135 Å². The SMILES string of the molecule is CC(=O)c1cc(Br)ccc1OS(=O)(=O)c1ccc(Cl)cc1. The minimum absolute atomic E-state index is 0.0133. The van der Waals surface area contributed by atoms with Gasteiger partial charge in [0.1, 0.15) is 4.90 Å². The fourth-order valence-electron chi connectivity index (χ4n) is 1.62. The average molecular weight is 390 g/mol. The Balaban J connectivity index is 2.41. The molecule has 0 atom stereocenters. The molecule has 0 aromatic heterocycles. The van der Waals surface area contributed by atoms with Crippen molar-refractivity contribution in [3.05, 3.63) is 57.5 Å². The summed E-state index contributed by atoms with van der Waals surface area (Å²) in [4.78, 5) is 11.5. The van der Waals surface area contributed by atoms with Gasteiger partial charge in [-0.05, 0) is 49.4 Å². The number of hydrogen-bond acceptors (Lipinski definition) is 4. The molecular formula is C14H10BrClO4S. The van der Waals surface area contributed by atoms with Crippen LogP contribution in [0.5, 0.6) is 5.75 Å². The first kappa shape index (κ1) is 16.0. The van der Waals surface area contributed by atoms with E-state index in [2.05, 4.69) is 15.9 Å². The van der Waals surface area contributed by atoms with Crippen LogP contribution in [0, 0.1) is 0 Å². The monoisotopic (exact) mass is 388 g/mol. The fourth-order valence-corrected chi connectivity index (χ4v) is 3.05. The molecule has 0 N–H and O–H groups in total. The van der Waals surface area contributed by atoms with E-state index in [0.717, 1.165) is 0 Å². The second kappa shape index (κ2) is 6.17. The lowest BCUT2D eigenvalue weighted by atomic mass is 10.1. The maximum absolute atomic E-state index is 12.2. The first-order valence-electron chi connectivity index (χ1n) is 5.80. The highest BCUT2D eigenvalue weighted by molar-refractivity contribution is 9.10. The van der Waals surface area contributed by atoms with E-state index in [1.165, 1.54) is 43.3 Å². The number of halogens is 2. The number of carbonyl (C=O) groups excluding carboxylic acids is 1. The molecule has 0 unspecified atom stereocenters. The van der Waals surface area contributed by atoms with Gasteiger partial charge in [-0.25, -0.2) is 0 Å². The van der Waals surface area contributed by atoms with Crippen LogP contribution in [0.3, 0.4) is 0 Å². The van der Waals surface area contributed by atoms with Crippen molar-refractivity contribution in [3.8, 4) is 5.75 Å². The molecule has 0 bridgehead atoms. The highest BCUT2D eigenvalue weighted by Gasteiger charge is 2.20. The molecule has 0 aliphatic heterocycles. The van der Waals surface area contributed by atoms with Crippen molar-refractivity contribution in [3.63, 3.8) is 0 Å². The van der Waals surface area contributed by atoms with Gasteiger partial charge in [-0.2, -0.15) is 8.42 Å². The Bertz CT molecular complexity index is 785. The van der Waals surface area contributed by atoms with Crippen LogP contribution in [0.4, 0.5) is 0 Å². The Morgan fingerprint density at radius 1 is 1.14 bits per heavy atom. The van der Waals surface area contributed by atoms with E-state index < -0.39 is 10.1 Å². The Kier molecular flexibility index (Phi) is 4.70. The molecule has 0 aliphatic rings. The standard InChI is InChI=1S/C14H10BrClO4S/c1-9(17)13-8-10(15)2-7-14(13)20-21(18,19)12-5-3-11(16)4-6-12/h2-8H,1H3. The first-order valence-corrected chi connectivity index (χ1v) is 8.38. The van der Waals surface area contributed by atoms with Crippen LogP contribution in [0.2, 0.25) is 5.02 Å². The molecule has 0 amide bonds. The highest BCUT2D eigenvalue weighted by Crippen LogP contribution is 2.27. The molecule has 2 aromatic rings. The van der Waals surface area contributed by atoms with Crippen molar-refractivity contribution >= 4 is 43.4 Å². The summed E-state index contributed by atoms with van der Waals surface area (Å²) in [5.74, 6) is -0.307. The van der Waals surface area contributed by atoms with E-state index >= 15 is 0 Å². The normalized spacial score (nSPS) is 11.2. The molecule has 0 radical (unpaired) electrons. The molecule has 2 aromatic carbocycles. The lowest BCUT2D eigenvalue weighted by Gasteiger charge is -2.10. The quantitative estimate of drug-likeness (QED) is 0.584. The van der Waals surface area contributed by atoms with E-state index in [4.69, 9.17) is 15.8 Å². The zero-order valence-electron chi connectivity index (χ0n) is 10.8. The number of hydrogen-bond donors (Lipinski definition) is 0. The van der Waals surface area contributed by atoms with Crippen molar-refractivity contribution in [2.75, 3.05) is 0 Å². The van der Waals surface area contributed by atoms with Crippen molar-refractivity contribution in [2.24, 2.45) is 0 Å². The van der Waals surface area contributed by atoms with E-state index in [1.54, 1.807) is 6.07 Å². The van der Waals surface area contributed by atoms with Gasteiger partial charge in [0.25, 0.3) is 0 Å². The van der Waals surface area contributed by atoms with Crippen molar-refractivity contribution in [1.82, 2.24) is 0 Å². The van der Waals surface area contributed by atoms with Crippen LogP contribution in [0.15, 0.2) is 51.8 Å². The second-order valence-electron chi connectivity index (χ2n) is 4.19. The van der Waals surface area contributed by atoms with Crippen LogP contribution in [-0.4, -0.2) is 14.2 Å². The number of ketones is 1. The number of benzene rings is 2. The maximum atomic E-state index is 12.2. The van der Waals surface area contributed by atoms with Gasteiger partial charge in [-0.15, -0.1) is 0 Å². The molecule has 0 spiro atoms. The Morgan fingerprint density at radius 2 is 1.76 bits per heavy atom. The smallest absolute Gasteiger partial charge is 0.339 e. The minimum Gasteiger partial charge on any atom is -0.378 e. The van der Waals surface area contributed by atoms with Gasteiger partial charge in [0.2, 0.25) is 0 Å². The molecular weight excluding hydrogens is 380 g/mol.